The van der Waals surface area contributed by atoms with Crippen molar-refractivity contribution in [1.29, 1.82) is 0 Å². The number of hydrogen-bond acceptors (Lipinski definition) is 19. The molecule has 6 aromatic rings. The van der Waals surface area contributed by atoms with Crippen LogP contribution in [0.3, 0.4) is 0 Å². The minimum Gasteiger partial charge on any atom is -0.641 e. The van der Waals surface area contributed by atoms with E-state index in [0.29, 0.717) is 27.8 Å². The van der Waals surface area contributed by atoms with Gasteiger partial charge in [0.15, 0.2) is 10.7 Å². The Labute approximate surface area is 505 Å². The van der Waals surface area contributed by atoms with Gasteiger partial charge in [0.05, 0.1) is 48.8 Å². The van der Waals surface area contributed by atoms with E-state index in [1.807, 2.05) is 37.3 Å². The van der Waals surface area contributed by atoms with Crippen LogP contribution in [-0.4, -0.2) is 161 Å². The summed E-state index contributed by atoms with van der Waals surface area (Å²) in [6.45, 7) is 6.09. The first-order valence-corrected chi connectivity index (χ1v) is 32.7. The minimum absolute atomic E-state index is 0.122. The largest absolute Gasteiger partial charge is 0.641 e. The second-order valence-corrected chi connectivity index (χ2v) is 21.1. The number of halogens is 3. The number of aromatic nitrogens is 7. The average Bonchev–Trinajstić information content (AvgIpc) is 3.46. The van der Waals surface area contributed by atoms with Crippen LogP contribution in [0.2, 0.25) is 0 Å². The molecule has 0 N–H and O–H groups in total. The quantitative estimate of drug-likeness (QED) is 0.0835. The second kappa shape index (κ2) is 41.6. The van der Waals surface area contributed by atoms with Gasteiger partial charge in [-0.1, -0.05) is 75.9 Å². The van der Waals surface area contributed by atoms with Gasteiger partial charge in [-0.25, -0.2) is 73.1 Å². The van der Waals surface area contributed by atoms with Gasteiger partial charge in [-0.05, 0) is 105 Å². The highest BCUT2D eigenvalue weighted by Gasteiger charge is 2.09. The number of pyridine rings is 5. The first kappa shape index (κ1) is 69.6. The first-order chi connectivity index (χ1) is 35.5. The highest BCUT2D eigenvalue weighted by molar-refractivity contribution is 8.38. The van der Waals surface area contributed by atoms with Crippen molar-refractivity contribution in [3.63, 3.8) is 0 Å². The maximum absolute atomic E-state index is 12.2. The van der Waals surface area contributed by atoms with Crippen molar-refractivity contribution in [2.45, 2.75) is 73.4 Å². The van der Waals surface area contributed by atoms with Crippen LogP contribution in [0, 0.1) is 6.92 Å². The van der Waals surface area contributed by atoms with E-state index in [-0.39, 0.29) is 22.2 Å². The van der Waals surface area contributed by atoms with E-state index in [1.165, 1.54) is 38.0 Å². The van der Waals surface area contributed by atoms with Gasteiger partial charge >= 0.3 is 61.8 Å². The monoisotopic (exact) mass is 1210 g/mol. The maximum atomic E-state index is 12.2. The van der Waals surface area contributed by atoms with E-state index < -0.39 is 32.0 Å². The summed E-state index contributed by atoms with van der Waals surface area (Å²) in [5, 5.41) is 0.173. The Balaban J connectivity index is 0.000000444. The SMILES string of the molecule is CCCc1cccc(C(=S)[S][AlH])n1.CCc1cccc(C(=S)[S][AlH])n1.CCc1cncc(C(=O)[O][AlH])n1.Cc1cc(CF)nc(C(=O)[O][AlH])c1.FCc1cccc(C(=S)[O][AlH])n1.O=C([S][AlH])c1cccc(CF)n1. The van der Waals surface area contributed by atoms with Crippen molar-refractivity contribution >= 4 is 193 Å². The van der Waals surface area contributed by atoms with Gasteiger partial charge in [0, 0.05) is 17.6 Å². The van der Waals surface area contributed by atoms with Gasteiger partial charge < -0.3 is 11.4 Å². The van der Waals surface area contributed by atoms with Crippen molar-refractivity contribution in [3.05, 3.63) is 171 Å². The van der Waals surface area contributed by atoms with Crippen LogP contribution in [0.5, 0.6) is 0 Å². The third-order valence-corrected chi connectivity index (χ3v) is 16.3. The predicted molar refractivity (Wildman–Crippen MR) is 312 cm³/mol. The van der Waals surface area contributed by atoms with Gasteiger partial charge in [0.1, 0.15) is 37.1 Å². The smallest absolute Gasteiger partial charge is 0.497 e. The number of nitrogens with zero attached hydrogens (tertiary/aromatic N) is 7. The molecule has 6 aromatic heterocycles. The Morgan fingerprint density at radius 2 is 0.946 bits per heavy atom. The summed E-state index contributed by atoms with van der Waals surface area (Å²) in [7, 11) is 4.30. The minimum atomic E-state index is -0.673. The van der Waals surface area contributed by atoms with Crippen LogP contribution in [0.25, 0.3) is 0 Å². The molecule has 0 aromatic carbocycles. The molecule has 0 aliphatic carbocycles. The van der Waals surface area contributed by atoms with Crippen LogP contribution < -0.4 is 0 Å². The van der Waals surface area contributed by atoms with Crippen LogP contribution in [-0.2, 0) is 50.7 Å². The molecule has 0 spiro atoms. The summed E-state index contributed by atoms with van der Waals surface area (Å²) in [6.07, 6.45) is 6.93. The Hall–Kier alpha value is -2.46. The molecule has 0 amide bonds. The number of hydrogen-bond donors (Lipinski definition) is 0. The van der Waals surface area contributed by atoms with Gasteiger partial charge in [-0.15, -0.1) is 0 Å². The number of rotatable bonds is 13. The Kier molecular flexibility index (Phi) is 39.1. The fourth-order valence-corrected chi connectivity index (χ4v) is 8.05. The molecule has 6 rings (SSSR count). The molecule has 0 saturated heterocycles. The predicted octanol–water partition coefficient (Wildman–Crippen LogP) is 7.27. The molecule has 0 atom stereocenters. The standard InChI is InChI=1S/C9H11NS2.C8H8FNO2.C8H9NS2.2C7H6FNOS.C7H8N2O2.6Al.6H/c1-2-4-7-5-3-6-8(10-7)9(11)12;1-5-2-6(4-9)10-7(3-5)8(11)12;1-2-6-4-3-5-7(9-6)8(10)11;2*8-4-5-2-1-3-6(9-5)7(10)11;1-2-5-3-8-4-6(9-5)7(10)11;;;;;;;;;;;;/h3,5-6H,2,4H2,1H3,(H,11,12);2-3H,4H2,1H3,(H,11,12);3-5H,2H2,1H3,(H,10,11);2*1-3H,4H2,(H,10,11);3-4H,2H2,1H3,(H,10,11);;;;;;;;;;;;/q;;;;;;6*+1;;;;;;/p-6. The molecule has 378 valence electrons. The highest BCUT2D eigenvalue weighted by Crippen LogP contribution is 2.12. The summed E-state index contributed by atoms with van der Waals surface area (Å²) in [6, 6.07) is 25.0. The van der Waals surface area contributed by atoms with Crippen LogP contribution in [0.1, 0.15) is 115 Å². The zero-order valence-corrected chi connectivity index (χ0v) is 54.5. The third kappa shape index (κ3) is 27.7. The van der Waals surface area contributed by atoms with Crippen molar-refractivity contribution in [3.8, 4) is 0 Å². The second-order valence-electron chi connectivity index (χ2n) is 13.9. The lowest BCUT2D eigenvalue weighted by Crippen LogP contribution is -2.07. The third-order valence-electron chi connectivity index (χ3n) is 8.62. The summed E-state index contributed by atoms with van der Waals surface area (Å²) >= 11 is 23.7. The van der Waals surface area contributed by atoms with E-state index in [1.54, 1.807) is 112 Å². The lowest BCUT2D eigenvalue weighted by atomic mass is 10.2. The lowest BCUT2D eigenvalue weighted by Gasteiger charge is -2.03. The molecule has 0 saturated carbocycles. The topological polar surface area (TPSA) is 169 Å². The summed E-state index contributed by atoms with van der Waals surface area (Å²) < 4.78 is 52.1. The van der Waals surface area contributed by atoms with E-state index in [2.05, 4.69) is 62.4 Å². The summed E-state index contributed by atoms with van der Waals surface area (Å²) in [4.78, 5) is 61.4. The van der Waals surface area contributed by atoms with E-state index in [9.17, 15) is 27.6 Å². The van der Waals surface area contributed by atoms with Crippen LogP contribution in [0.15, 0.2) is 97.3 Å². The van der Waals surface area contributed by atoms with Crippen molar-refractivity contribution in [2.24, 2.45) is 0 Å². The van der Waals surface area contributed by atoms with Crippen molar-refractivity contribution in [2.75, 3.05) is 0 Å². The van der Waals surface area contributed by atoms with Crippen molar-refractivity contribution in [1.82, 2.24) is 34.9 Å². The Bertz CT molecular complexity index is 2520. The summed E-state index contributed by atoms with van der Waals surface area (Å²) in [5.74, 6) is -0.965. The molecule has 13 nitrogen and oxygen atoms in total. The van der Waals surface area contributed by atoms with E-state index in [4.69, 9.17) is 40.4 Å². The van der Waals surface area contributed by atoms with Gasteiger partial charge in [-0.3, -0.25) is 19.7 Å². The molecule has 28 heteroatoms. The molecule has 6 radical (unpaired) electrons. The van der Waals surface area contributed by atoms with E-state index >= 15 is 0 Å². The number of carbonyl (C=O) groups excluding carboxylic acids is 3. The van der Waals surface area contributed by atoms with E-state index in [0.717, 1.165) is 111 Å². The van der Waals surface area contributed by atoms with Crippen LogP contribution >= 0.6 is 67.0 Å². The molecular weight excluding hydrogens is 1160 g/mol. The van der Waals surface area contributed by atoms with Crippen molar-refractivity contribution < 1.29 is 38.9 Å². The fourth-order valence-electron chi connectivity index (χ4n) is 5.15. The highest BCUT2D eigenvalue weighted by atomic mass is 32.3. The Morgan fingerprint density at radius 1 is 0.514 bits per heavy atom. The Morgan fingerprint density at radius 3 is 1.42 bits per heavy atom. The zero-order chi connectivity index (χ0) is 55.4. The molecular formula is C46H48Al6F3N7O6S6. The lowest BCUT2D eigenvalue weighted by molar-refractivity contribution is 0.0733. The maximum Gasteiger partial charge on any atom is 0.497 e. The normalized spacial score (nSPS) is 9.66. The molecule has 0 aliphatic rings. The first-order valence-electron chi connectivity index (χ1n) is 21.6. The fraction of sp³-hybridized carbons (Fsp3) is 0.239. The van der Waals surface area contributed by atoms with Gasteiger partial charge in [0.2, 0.25) is 5.12 Å². The molecule has 0 bridgehead atoms. The molecule has 6 heterocycles. The number of alkyl halides is 3. The zero-order valence-electron chi connectivity index (χ0n) is 41.1. The van der Waals surface area contributed by atoms with Gasteiger partial charge in [-0.2, -0.15) is 0 Å². The molecule has 0 unspecified atom stereocenters. The average molecular weight is 1210 g/mol. The van der Waals surface area contributed by atoms with Gasteiger partial charge in [0.25, 0.3) is 45.5 Å². The summed E-state index contributed by atoms with van der Waals surface area (Å²) in [5.41, 5.74) is 7.90. The molecule has 0 fully saturated rings. The van der Waals surface area contributed by atoms with Crippen LogP contribution in [0.4, 0.5) is 13.2 Å². The molecule has 0 aliphatic heterocycles. The number of aryl methyl sites for hydroxylation is 4. The number of thiocarbonyl (C=S) groups is 3. The molecule has 74 heavy (non-hydrogen) atoms. The number of carbonyl (C=O) groups is 3.